The van der Waals surface area contributed by atoms with E-state index in [4.69, 9.17) is 9.47 Å². The number of rotatable bonds is 4. The van der Waals surface area contributed by atoms with E-state index in [1.54, 1.807) is 19.4 Å². The molecular formula is C20H22N2O3S. The van der Waals surface area contributed by atoms with Crippen molar-refractivity contribution in [1.29, 1.82) is 0 Å². The van der Waals surface area contributed by atoms with Crippen LogP contribution in [-0.4, -0.2) is 47.1 Å². The predicted molar refractivity (Wildman–Crippen MR) is 102 cm³/mol. The van der Waals surface area contributed by atoms with Crippen molar-refractivity contribution in [2.45, 2.75) is 25.5 Å². The Kier molecular flexibility index (Phi) is 5.02. The minimum Gasteiger partial charge on any atom is -0.497 e. The lowest BCUT2D eigenvalue weighted by Gasteiger charge is -2.29. The van der Waals surface area contributed by atoms with Gasteiger partial charge in [0.1, 0.15) is 11.9 Å². The topological polar surface area (TPSA) is 51.7 Å². The molecule has 5 nitrogen and oxygen atoms in total. The Morgan fingerprint density at radius 3 is 2.92 bits per heavy atom. The number of benzene rings is 1. The van der Waals surface area contributed by atoms with E-state index in [2.05, 4.69) is 11.1 Å². The lowest BCUT2D eigenvalue weighted by Crippen LogP contribution is -2.36. The van der Waals surface area contributed by atoms with Gasteiger partial charge in [-0.25, -0.2) is 4.98 Å². The third kappa shape index (κ3) is 3.65. The second kappa shape index (κ2) is 7.58. The molecule has 0 aliphatic carbocycles. The van der Waals surface area contributed by atoms with Gasteiger partial charge >= 0.3 is 0 Å². The van der Waals surface area contributed by atoms with Gasteiger partial charge in [0.25, 0.3) is 5.91 Å². The fourth-order valence-corrected chi connectivity index (χ4v) is 4.46. The van der Waals surface area contributed by atoms with Gasteiger partial charge in [0, 0.05) is 31.1 Å². The summed E-state index contributed by atoms with van der Waals surface area (Å²) in [6.07, 6.45) is 3.77. The number of aromatic nitrogens is 1. The van der Waals surface area contributed by atoms with Crippen molar-refractivity contribution in [3.63, 3.8) is 0 Å². The van der Waals surface area contributed by atoms with Crippen molar-refractivity contribution in [3.8, 4) is 11.6 Å². The molecule has 1 saturated heterocycles. The molecule has 4 rings (SSSR count). The summed E-state index contributed by atoms with van der Waals surface area (Å²) in [5.41, 5.74) is 3.04. The zero-order valence-corrected chi connectivity index (χ0v) is 15.6. The SMILES string of the molecule is COc1ccc2c(c1)CCN(C(=O)c1ccc(OC3CCSC3)nc1)C2. The largest absolute Gasteiger partial charge is 0.497 e. The molecule has 0 radical (unpaired) electrons. The van der Waals surface area contributed by atoms with Crippen LogP contribution >= 0.6 is 11.8 Å². The summed E-state index contributed by atoms with van der Waals surface area (Å²) in [6.45, 7) is 1.33. The van der Waals surface area contributed by atoms with E-state index in [0.29, 0.717) is 24.5 Å². The highest BCUT2D eigenvalue weighted by atomic mass is 32.2. The molecule has 2 aliphatic heterocycles. The number of thioether (sulfide) groups is 1. The Balaban J connectivity index is 1.42. The Morgan fingerprint density at radius 2 is 2.19 bits per heavy atom. The minimum absolute atomic E-state index is 0.0157. The summed E-state index contributed by atoms with van der Waals surface area (Å²) >= 11 is 1.90. The lowest BCUT2D eigenvalue weighted by molar-refractivity contribution is 0.0734. The number of methoxy groups -OCH3 is 1. The Morgan fingerprint density at radius 1 is 1.27 bits per heavy atom. The molecular weight excluding hydrogens is 348 g/mol. The van der Waals surface area contributed by atoms with Crippen molar-refractivity contribution in [2.24, 2.45) is 0 Å². The first kappa shape index (κ1) is 17.2. The van der Waals surface area contributed by atoms with Crippen LogP contribution < -0.4 is 9.47 Å². The maximum Gasteiger partial charge on any atom is 0.255 e. The molecule has 0 spiro atoms. The number of nitrogens with zero attached hydrogens (tertiary/aromatic N) is 2. The number of fused-ring (bicyclic) bond motifs is 1. The first-order valence-electron chi connectivity index (χ1n) is 8.88. The van der Waals surface area contributed by atoms with Crippen LogP contribution in [0.15, 0.2) is 36.5 Å². The zero-order chi connectivity index (χ0) is 17.9. The van der Waals surface area contributed by atoms with E-state index in [-0.39, 0.29) is 12.0 Å². The van der Waals surface area contributed by atoms with E-state index in [1.165, 1.54) is 11.1 Å². The van der Waals surface area contributed by atoms with E-state index in [1.807, 2.05) is 34.9 Å². The average molecular weight is 370 g/mol. The molecule has 1 aromatic heterocycles. The number of carbonyl (C=O) groups is 1. The third-order valence-electron chi connectivity index (χ3n) is 4.87. The standard InChI is InChI=1S/C20H22N2O3S/c1-24-17-4-2-16-12-22(8-6-14(16)10-17)20(23)15-3-5-19(21-11-15)25-18-7-9-26-13-18/h2-5,10-11,18H,6-9,12-13H2,1H3. The molecule has 0 saturated carbocycles. The molecule has 1 unspecified atom stereocenters. The average Bonchev–Trinajstić information content (AvgIpc) is 3.20. The van der Waals surface area contributed by atoms with Crippen LogP contribution in [0.2, 0.25) is 0 Å². The molecule has 0 bridgehead atoms. The number of ether oxygens (including phenoxy) is 2. The lowest BCUT2D eigenvalue weighted by atomic mass is 9.99. The fraction of sp³-hybridized carbons (Fsp3) is 0.400. The highest BCUT2D eigenvalue weighted by Crippen LogP contribution is 2.25. The van der Waals surface area contributed by atoms with Crippen LogP contribution in [0.4, 0.5) is 0 Å². The molecule has 1 aromatic carbocycles. The maximum absolute atomic E-state index is 12.8. The normalized spacial score (nSPS) is 19.1. The van der Waals surface area contributed by atoms with Crippen molar-refractivity contribution < 1.29 is 14.3 Å². The first-order chi connectivity index (χ1) is 12.7. The van der Waals surface area contributed by atoms with Gasteiger partial charge in [0.15, 0.2) is 0 Å². The van der Waals surface area contributed by atoms with Gasteiger partial charge in [-0.3, -0.25) is 4.79 Å². The molecule has 1 fully saturated rings. The van der Waals surface area contributed by atoms with Gasteiger partial charge in [-0.05, 0) is 47.9 Å². The summed E-state index contributed by atoms with van der Waals surface area (Å²) in [7, 11) is 1.67. The summed E-state index contributed by atoms with van der Waals surface area (Å²) in [5, 5.41) is 0. The van der Waals surface area contributed by atoms with Crippen LogP contribution in [-0.2, 0) is 13.0 Å². The molecule has 3 heterocycles. The smallest absolute Gasteiger partial charge is 0.255 e. The zero-order valence-electron chi connectivity index (χ0n) is 14.8. The monoisotopic (exact) mass is 370 g/mol. The van der Waals surface area contributed by atoms with Crippen LogP contribution in [0, 0.1) is 0 Å². The number of amides is 1. The Labute approximate surface area is 157 Å². The Bertz CT molecular complexity index is 788. The minimum atomic E-state index is 0.0157. The van der Waals surface area contributed by atoms with Crippen LogP contribution in [0.25, 0.3) is 0 Å². The van der Waals surface area contributed by atoms with Gasteiger partial charge in [0.05, 0.1) is 12.7 Å². The van der Waals surface area contributed by atoms with Crippen LogP contribution in [0.5, 0.6) is 11.6 Å². The maximum atomic E-state index is 12.8. The molecule has 2 aliphatic rings. The first-order valence-corrected chi connectivity index (χ1v) is 10.0. The van der Waals surface area contributed by atoms with E-state index >= 15 is 0 Å². The predicted octanol–water partition coefficient (Wildman–Crippen LogP) is 3.17. The second-order valence-electron chi connectivity index (χ2n) is 6.60. The Hall–Kier alpha value is -2.21. The van der Waals surface area contributed by atoms with Gasteiger partial charge < -0.3 is 14.4 Å². The molecule has 1 atom stereocenters. The summed E-state index contributed by atoms with van der Waals surface area (Å²) in [6, 6.07) is 9.67. The molecule has 1 amide bonds. The van der Waals surface area contributed by atoms with Gasteiger partial charge in [-0.1, -0.05) is 6.07 Å². The number of carbonyl (C=O) groups excluding carboxylic acids is 1. The van der Waals surface area contributed by atoms with Crippen LogP contribution in [0.1, 0.15) is 27.9 Å². The fourth-order valence-electron chi connectivity index (χ4n) is 3.37. The highest BCUT2D eigenvalue weighted by Gasteiger charge is 2.23. The summed E-state index contributed by atoms with van der Waals surface area (Å²) < 4.78 is 11.1. The summed E-state index contributed by atoms with van der Waals surface area (Å²) in [5.74, 6) is 3.64. The molecule has 0 N–H and O–H groups in total. The van der Waals surface area contributed by atoms with E-state index in [0.717, 1.165) is 30.1 Å². The van der Waals surface area contributed by atoms with Gasteiger partial charge in [0.2, 0.25) is 5.88 Å². The molecule has 26 heavy (non-hydrogen) atoms. The van der Waals surface area contributed by atoms with Crippen molar-refractivity contribution in [2.75, 3.05) is 25.2 Å². The van der Waals surface area contributed by atoms with E-state index < -0.39 is 0 Å². The van der Waals surface area contributed by atoms with E-state index in [9.17, 15) is 4.79 Å². The quantitative estimate of drug-likeness (QED) is 0.827. The van der Waals surface area contributed by atoms with Crippen LogP contribution in [0.3, 0.4) is 0 Å². The summed E-state index contributed by atoms with van der Waals surface area (Å²) in [4.78, 5) is 19.0. The number of hydrogen-bond acceptors (Lipinski definition) is 5. The van der Waals surface area contributed by atoms with Crippen molar-refractivity contribution in [3.05, 3.63) is 53.2 Å². The number of pyridine rings is 1. The van der Waals surface area contributed by atoms with Crippen molar-refractivity contribution >= 4 is 17.7 Å². The van der Waals surface area contributed by atoms with Gasteiger partial charge in [-0.15, -0.1) is 0 Å². The highest BCUT2D eigenvalue weighted by molar-refractivity contribution is 7.99. The van der Waals surface area contributed by atoms with Crippen molar-refractivity contribution in [1.82, 2.24) is 9.88 Å². The molecule has 6 heteroatoms. The number of hydrogen-bond donors (Lipinski definition) is 0. The molecule has 2 aromatic rings. The van der Waals surface area contributed by atoms with Gasteiger partial charge in [-0.2, -0.15) is 11.8 Å². The third-order valence-corrected chi connectivity index (χ3v) is 6.00. The second-order valence-corrected chi connectivity index (χ2v) is 7.75. The molecule has 136 valence electrons.